The minimum absolute atomic E-state index is 0.0659. The lowest BCUT2D eigenvalue weighted by Crippen LogP contribution is -2.23. The Morgan fingerprint density at radius 1 is 0.962 bits per heavy atom. The Hall–Kier alpha value is -3.47. The molecule has 0 saturated carbocycles. The Balaban J connectivity index is 1.78. The summed E-state index contributed by atoms with van der Waals surface area (Å²) in [6.45, 7) is 2.82. The standard InChI is InChI=1S/C21H17N3O2/c1-15-6-10-18(11-7-15)23-14-16-4-2-3-5-20(16)21(23)22-17-8-12-19(13-9-17)24(25)26/h2-13H,14H2,1H3. The van der Waals surface area contributed by atoms with Gasteiger partial charge in [-0.2, -0.15) is 0 Å². The van der Waals surface area contributed by atoms with Gasteiger partial charge in [0.25, 0.3) is 5.69 Å². The van der Waals surface area contributed by atoms with Crippen LogP contribution in [0.2, 0.25) is 0 Å². The number of anilines is 1. The molecule has 0 unspecified atom stereocenters. The first kappa shape index (κ1) is 16.0. The van der Waals surface area contributed by atoms with Crippen molar-refractivity contribution < 1.29 is 4.92 Å². The number of hydrogen-bond donors (Lipinski definition) is 0. The molecule has 0 N–H and O–H groups in total. The summed E-state index contributed by atoms with van der Waals surface area (Å²) in [5, 5.41) is 10.8. The molecule has 0 spiro atoms. The van der Waals surface area contributed by atoms with Crippen molar-refractivity contribution in [3.63, 3.8) is 0 Å². The van der Waals surface area contributed by atoms with Crippen LogP contribution in [0.5, 0.6) is 0 Å². The molecule has 5 heteroatoms. The van der Waals surface area contributed by atoms with E-state index < -0.39 is 4.92 Å². The molecule has 0 saturated heterocycles. The number of nitrogens with zero attached hydrogens (tertiary/aromatic N) is 3. The van der Waals surface area contributed by atoms with E-state index in [0.717, 1.165) is 23.6 Å². The number of aryl methyl sites for hydroxylation is 1. The van der Waals surface area contributed by atoms with Gasteiger partial charge in [0.2, 0.25) is 0 Å². The first-order valence-electron chi connectivity index (χ1n) is 8.37. The highest BCUT2D eigenvalue weighted by Gasteiger charge is 2.26. The molecule has 0 radical (unpaired) electrons. The molecule has 3 aromatic rings. The number of benzene rings is 3. The van der Waals surface area contributed by atoms with Gasteiger partial charge in [0.1, 0.15) is 5.84 Å². The molecule has 0 fully saturated rings. The molecular formula is C21H17N3O2. The van der Waals surface area contributed by atoms with E-state index in [2.05, 4.69) is 48.2 Å². The van der Waals surface area contributed by atoms with Crippen LogP contribution in [0.4, 0.5) is 17.1 Å². The van der Waals surface area contributed by atoms with Crippen molar-refractivity contribution in [3.05, 3.63) is 99.6 Å². The van der Waals surface area contributed by atoms with Gasteiger partial charge in [-0.05, 0) is 36.8 Å². The Bertz CT molecular complexity index is 993. The zero-order valence-electron chi connectivity index (χ0n) is 14.3. The molecule has 0 aliphatic carbocycles. The largest absolute Gasteiger partial charge is 0.321 e. The lowest BCUT2D eigenvalue weighted by molar-refractivity contribution is -0.384. The number of fused-ring (bicyclic) bond motifs is 1. The molecule has 3 aromatic carbocycles. The first-order valence-corrected chi connectivity index (χ1v) is 8.37. The molecule has 1 aliphatic rings. The summed E-state index contributed by atoms with van der Waals surface area (Å²) in [7, 11) is 0. The molecule has 0 atom stereocenters. The van der Waals surface area contributed by atoms with Gasteiger partial charge in [-0.15, -0.1) is 0 Å². The van der Waals surface area contributed by atoms with Gasteiger partial charge in [-0.1, -0.05) is 42.0 Å². The molecule has 0 bridgehead atoms. The van der Waals surface area contributed by atoms with Crippen molar-refractivity contribution in [3.8, 4) is 0 Å². The van der Waals surface area contributed by atoms with Crippen molar-refractivity contribution in [2.24, 2.45) is 4.99 Å². The highest BCUT2D eigenvalue weighted by Crippen LogP contribution is 2.31. The fraction of sp³-hybridized carbons (Fsp3) is 0.0952. The van der Waals surface area contributed by atoms with E-state index in [1.165, 1.54) is 23.3 Å². The maximum atomic E-state index is 10.8. The molecule has 5 nitrogen and oxygen atoms in total. The zero-order valence-corrected chi connectivity index (χ0v) is 14.3. The third-order valence-electron chi connectivity index (χ3n) is 4.48. The topological polar surface area (TPSA) is 58.7 Å². The summed E-state index contributed by atoms with van der Waals surface area (Å²) in [6.07, 6.45) is 0. The maximum absolute atomic E-state index is 10.8. The summed E-state index contributed by atoms with van der Waals surface area (Å²) in [4.78, 5) is 17.4. The van der Waals surface area contributed by atoms with E-state index >= 15 is 0 Å². The van der Waals surface area contributed by atoms with E-state index in [9.17, 15) is 10.1 Å². The van der Waals surface area contributed by atoms with E-state index in [4.69, 9.17) is 4.99 Å². The van der Waals surface area contributed by atoms with Crippen LogP contribution >= 0.6 is 0 Å². The molecular weight excluding hydrogens is 326 g/mol. The van der Waals surface area contributed by atoms with Gasteiger partial charge in [-0.25, -0.2) is 4.99 Å². The van der Waals surface area contributed by atoms with Crippen LogP contribution in [0.3, 0.4) is 0 Å². The smallest absolute Gasteiger partial charge is 0.269 e. The van der Waals surface area contributed by atoms with Crippen molar-refractivity contribution in [2.45, 2.75) is 13.5 Å². The predicted octanol–water partition coefficient (Wildman–Crippen LogP) is 5.00. The molecule has 1 aliphatic heterocycles. The summed E-state index contributed by atoms with van der Waals surface area (Å²) < 4.78 is 0. The van der Waals surface area contributed by atoms with E-state index in [1.807, 2.05) is 12.1 Å². The lowest BCUT2D eigenvalue weighted by atomic mass is 10.1. The van der Waals surface area contributed by atoms with E-state index in [1.54, 1.807) is 12.1 Å². The summed E-state index contributed by atoms with van der Waals surface area (Å²) >= 11 is 0. The SMILES string of the molecule is Cc1ccc(N2Cc3ccccc3C2=Nc2ccc([N+](=O)[O-])cc2)cc1. The molecule has 128 valence electrons. The molecule has 0 aromatic heterocycles. The van der Waals surface area contributed by atoms with Crippen molar-refractivity contribution in [1.29, 1.82) is 0 Å². The predicted molar refractivity (Wildman–Crippen MR) is 103 cm³/mol. The number of aliphatic imine (C=N–C) groups is 1. The number of non-ortho nitro benzene ring substituents is 1. The van der Waals surface area contributed by atoms with E-state index in [0.29, 0.717) is 5.69 Å². The van der Waals surface area contributed by atoms with Gasteiger partial charge in [0.05, 0.1) is 17.2 Å². The fourth-order valence-corrected chi connectivity index (χ4v) is 3.10. The van der Waals surface area contributed by atoms with Crippen molar-refractivity contribution >= 4 is 22.9 Å². The molecule has 4 rings (SSSR count). The molecule has 0 amide bonds. The minimum atomic E-state index is -0.402. The van der Waals surface area contributed by atoms with Crippen LogP contribution in [0.25, 0.3) is 0 Å². The van der Waals surface area contributed by atoms with Crippen molar-refractivity contribution in [2.75, 3.05) is 4.90 Å². The summed E-state index contributed by atoms with van der Waals surface area (Å²) in [6, 6.07) is 22.9. The Morgan fingerprint density at radius 2 is 1.65 bits per heavy atom. The van der Waals surface area contributed by atoms with Gasteiger partial charge in [0.15, 0.2) is 0 Å². The Kier molecular flexibility index (Phi) is 3.97. The number of nitro benzene ring substituents is 1. The number of nitro groups is 1. The Labute approximate surface area is 151 Å². The van der Waals surface area contributed by atoms with Crippen LogP contribution in [0.1, 0.15) is 16.7 Å². The van der Waals surface area contributed by atoms with Gasteiger partial charge in [0, 0.05) is 23.4 Å². The van der Waals surface area contributed by atoms with Gasteiger partial charge >= 0.3 is 0 Å². The van der Waals surface area contributed by atoms with Crippen LogP contribution in [-0.4, -0.2) is 10.8 Å². The third kappa shape index (κ3) is 2.95. The summed E-state index contributed by atoms with van der Waals surface area (Å²) in [5.74, 6) is 0.860. The average Bonchev–Trinajstić information content (AvgIpc) is 3.01. The fourth-order valence-electron chi connectivity index (χ4n) is 3.10. The monoisotopic (exact) mass is 343 g/mol. The number of hydrogen-bond acceptors (Lipinski definition) is 3. The average molecular weight is 343 g/mol. The van der Waals surface area contributed by atoms with Crippen LogP contribution < -0.4 is 4.90 Å². The quantitative estimate of drug-likeness (QED) is 0.496. The molecule has 26 heavy (non-hydrogen) atoms. The highest BCUT2D eigenvalue weighted by atomic mass is 16.6. The summed E-state index contributed by atoms with van der Waals surface area (Å²) in [5.41, 5.74) is 5.35. The molecule has 1 heterocycles. The number of rotatable bonds is 3. The van der Waals surface area contributed by atoms with Crippen LogP contribution in [-0.2, 0) is 6.54 Å². The van der Waals surface area contributed by atoms with Gasteiger partial charge < -0.3 is 4.90 Å². The Morgan fingerprint density at radius 3 is 2.35 bits per heavy atom. The normalized spacial score (nSPS) is 14.5. The second-order valence-electron chi connectivity index (χ2n) is 6.29. The third-order valence-corrected chi connectivity index (χ3v) is 4.48. The first-order chi connectivity index (χ1) is 12.6. The van der Waals surface area contributed by atoms with Crippen molar-refractivity contribution in [1.82, 2.24) is 0 Å². The van der Waals surface area contributed by atoms with Crippen LogP contribution in [0, 0.1) is 17.0 Å². The van der Waals surface area contributed by atoms with E-state index in [-0.39, 0.29) is 5.69 Å². The lowest BCUT2D eigenvalue weighted by Gasteiger charge is -2.19. The van der Waals surface area contributed by atoms with Gasteiger partial charge in [-0.3, -0.25) is 10.1 Å². The number of amidine groups is 1. The second kappa shape index (κ2) is 6.44. The maximum Gasteiger partial charge on any atom is 0.269 e. The van der Waals surface area contributed by atoms with Crippen LogP contribution in [0.15, 0.2) is 77.8 Å². The minimum Gasteiger partial charge on any atom is -0.321 e. The highest BCUT2D eigenvalue weighted by molar-refractivity contribution is 6.14. The zero-order chi connectivity index (χ0) is 18.1. The second-order valence-corrected chi connectivity index (χ2v) is 6.29.